The molecule has 0 saturated heterocycles. The van der Waals surface area contributed by atoms with Crippen LogP contribution in [0.2, 0.25) is 0 Å². The van der Waals surface area contributed by atoms with Crippen molar-refractivity contribution in [3.63, 3.8) is 0 Å². The van der Waals surface area contributed by atoms with E-state index in [2.05, 4.69) is 5.32 Å². The monoisotopic (exact) mass is 529 g/mol. The van der Waals surface area contributed by atoms with E-state index in [4.69, 9.17) is 18.8 Å². The second kappa shape index (κ2) is 13.7. The van der Waals surface area contributed by atoms with E-state index in [1.807, 2.05) is 6.92 Å². The molecule has 0 fully saturated rings. The zero-order chi connectivity index (χ0) is 27.6. The average molecular weight is 530 g/mol. The molecule has 1 aromatic carbocycles. The molecule has 10 nitrogen and oxygen atoms in total. The van der Waals surface area contributed by atoms with E-state index in [-0.39, 0.29) is 37.4 Å². The lowest BCUT2D eigenvalue weighted by Crippen LogP contribution is -2.43. The Balaban J connectivity index is 2.96. The Kier molecular flexibility index (Phi) is 12.0. The molecule has 0 saturated carbocycles. The van der Waals surface area contributed by atoms with Gasteiger partial charge in [-0.25, -0.2) is 4.18 Å². The van der Waals surface area contributed by atoms with Gasteiger partial charge in [0.05, 0.1) is 29.4 Å². The second-order valence-corrected chi connectivity index (χ2v) is 11.3. The van der Waals surface area contributed by atoms with E-state index in [1.165, 1.54) is 19.2 Å². The van der Waals surface area contributed by atoms with E-state index in [1.54, 1.807) is 39.8 Å². The van der Waals surface area contributed by atoms with Crippen molar-refractivity contribution < 1.29 is 41.6 Å². The number of aryl methyl sites for hydroxylation is 1. The van der Waals surface area contributed by atoms with Crippen LogP contribution in [0.25, 0.3) is 0 Å². The van der Waals surface area contributed by atoms with Crippen LogP contribution in [0.1, 0.15) is 58.9 Å². The van der Waals surface area contributed by atoms with Gasteiger partial charge in [0.2, 0.25) is 5.91 Å². The lowest BCUT2D eigenvalue weighted by atomic mass is 9.69. The molecule has 204 valence electrons. The highest BCUT2D eigenvalue weighted by molar-refractivity contribution is 7.86. The number of hydrogen-bond donors (Lipinski definition) is 2. The number of carbonyl (C=O) groups is 3. The average Bonchev–Trinajstić information content (AvgIpc) is 2.81. The molecular formula is C25H39NO9S. The zero-order valence-electron chi connectivity index (χ0n) is 22.0. The smallest absolute Gasteiger partial charge is 0.311 e. The van der Waals surface area contributed by atoms with Crippen molar-refractivity contribution in [2.75, 3.05) is 27.1 Å². The molecule has 2 N–H and O–H groups in total. The highest BCUT2D eigenvalue weighted by Gasteiger charge is 2.45. The Bertz CT molecular complexity index is 989. The number of aliphatic hydroxyl groups is 1. The summed E-state index contributed by atoms with van der Waals surface area (Å²) >= 11 is 0. The van der Waals surface area contributed by atoms with Gasteiger partial charge in [-0.05, 0) is 59.1 Å². The van der Waals surface area contributed by atoms with Crippen molar-refractivity contribution in [2.24, 2.45) is 16.7 Å². The van der Waals surface area contributed by atoms with Crippen molar-refractivity contribution >= 4 is 28.0 Å². The molecule has 0 aromatic heterocycles. The van der Waals surface area contributed by atoms with Crippen LogP contribution in [0.3, 0.4) is 0 Å². The minimum atomic E-state index is -4.06. The van der Waals surface area contributed by atoms with Crippen LogP contribution in [0.15, 0.2) is 29.2 Å². The molecule has 1 aromatic rings. The third-order valence-corrected chi connectivity index (χ3v) is 7.21. The molecule has 0 aliphatic rings. The van der Waals surface area contributed by atoms with Gasteiger partial charge in [0.1, 0.15) is 6.73 Å². The Morgan fingerprint density at radius 1 is 1.08 bits per heavy atom. The van der Waals surface area contributed by atoms with Crippen LogP contribution >= 0.6 is 0 Å². The van der Waals surface area contributed by atoms with Gasteiger partial charge in [0.15, 0.2) is 0 Å². The van der Waals surface area contributed by atoms with Crippen molar-refractivity contribution in [3.8, 4) is 0 Å². The lowest BCUT2D eigenvalue weighted by molar-refractivity contribution is -0.163. The SMILES string of the molecule is CCC(CC(C)(CC(C)(C)C(=O)OC)C(=O)OCCCO)C(=O)NCOS(=O)(=O)c1ccc(C)cc1. The number of aliphatic hydroxyl groups excluding tert-OH is 1. The largest absolute Gasteiger partial charge is 0.469 e. The number of ether oxygens (including phenoxy) is 2. The van der Waals surface area contributed by atoms with Crippen LogP contribution in [0.5, 0.6) is 0 Å². The van der Waals surface area contributed by atoms with Crippen molar-refractivity contribution in [3.05, 3.63) is 29.8 Å². The fourth-order valence-corrected chi connectivity index (χ4v) is 4.84. The number of nitrogens with one attached hydrogen (secondary N) is 1. The van der Waals surface area contributed by atoms with Crippen molar-refractivity contribution in [1.82, 2.24) is 5.32 Å². The first-order valence-electron chi connectivity index (χ1n) is 11.8. The zero-order valence-corrected chi connectivity index (χ0v) is 22.8. The molecule has 1 rings (SSSR count). The molecule has 2 atom stereocenters. The Labute approximate surface area is 213 Å². The summed E-state index contributed by atoms with van der Waals surface area (Å²) in [5, 5.41) is 11.5. The molecule has 0 aliphatic carbocycles. The summed E-state index contributed by atoms with van der Waals surface area (Å²) in [7, 11) is -2.81. The van der Waals surface area contributed by atoms with Gasteiger partial charge in [0, 0.05) is 18.9 Å². The number of amides is 1. The summed E-state index contributed by atoms with van der Waals surface area (Å²) in [4.78, 5) is 38.2. The number of carbonyl (C=O) groups excluding carboxylic acids is 3. The fourth-order valence-electron chi connectivity index (χ4n) is 4.02. The van der Waals surface area contributed by atoms with Crippen molar-refractivity contribution in [2.45, 2.75) is 65.2 Å². The highest BCUT2D eigenvalue weighted by Crippen LogP contribution is 2.41. The summed E-state index contributed by atoms with van der Waals surface area (Å²) in [6.45, 7) is 7.76. The van der Waals surface area contributed by atoms with Gasteiger partial charge >= 0.3 is 11.9 Å². The summed E-state index contributed by atoms with van der Waals surface area (Å²) < 4.78 is 39.9. The van der Waals surface area contributed by atoms with Gasteiger partial charge in [-0.15, -0.1) is 0 Å². The van der Waals surface area contributed by atoms with E-state index < -0.39 is 51.4 Å². The molecule has 11 heteroatoms. The predicted molar refractivity (Wildman–Crippen MR) is 132 cm³/mol. The number of methoxy groups -OCH3 is 1. The van der Waals surface area contributed by atoms with Gasteiger partial charge < -0.3 is 19.9 Å². The van der Waals surface area contributed by atoms with Crippen LogP contribution in [0, 0.1) is 23.7 Å². The highest BCUT2D eigenvalue weighted by atomic mass is 32.2. The molecule has 36 heavy (non-hydrogen) atoms. The summed E-state index contributed by atoms with van der Waals surface area (Å²) in [6, 6.07) is 6.10. The molecule has 1 amide bonds. The van der Waals surface area contributed by atoms with Gasteiger partial charge in [-0.1, -0.05) is 24.6 Å². The number of esters is 2. The Morgan fingerprint density at radius 3 is 2.22 bits per heavy atom. The number of rotatable bonds is 15. The number of hydrogen-bond acceptors (Lipinski definition) is 9. The van der Waals surface area contributed by atoms with Crippen LogP contribution in [-0.4, -0.2) is 58.4 Å². The van der Waals surface area contributed by atoms with E-state index in [0.29, 0.717) is 6.42 Å². The normalized spacial score (nSPS) is 14.4. The van der Waals surface area contributed by atoms with Crippen LogP contribution < -0.4 is 5.32 Å². The third-order valence-electron chi connectivity index (χ3n) is 5.93. The molecule has 0 bridgehead atoms. The third kappa shape index (κ3) is 9.18. The minimum Gasteiger partial charge on any atom is -0.469 e. The number of benzene rings is 1. The maximum Gasteiger partial charge on any atom is 0.311 e. The van der Waals surface area contributed by atoms with E-state index in [0.717, 1.165) is 5.56 Å². The van der Waals surface area contributed by atoms with E-state index in [9.17, 15) is 22.8 Å². The Morgan fingerprint density at radius 2 is 1.69 bits per heavy atom. The Hall–Kier alpha value is -2.50. The van der Waals surface area contributed by atoms with Gasteiger partial charge in [-0.3, -0.25) is 14.4 Å². The van der Waals surface area contributed by atoms with E-state index >= 15 is 0 Å². The maximum atomic E-state index is 13.0. The van der Waals surface area contributed by atoms with Gasteiger partial charge in [0.25, 0.3) is 10.1 Å². The standard InChI is InChI=1S/C25H39NO9S/c1-7-19(21(28)26-17-35-36(31,32)20-11-9-18(2)10-12-20)15-25(5,23(30)34-14-8-13-27)16-24(3,4)22(29)33-6/h9-12,19,27H,7-8,13-17H2,1-6H3,(H,26,28). The first-order valence-corrected chi connectivity index (χ1v) is 13.2. The first-order chi connectivity index (χ1) is 16.7. The summed E-state index contributed by atoms with van der Waals surface area (Å²) in [5.74, 6) is -2.30. The molecule has 2 unspecified atom stereocenters. The second-order valence-electron chi connectivity index (χ2n) is 9.71. The molecule has 0 radical (unpaired) electrons. The quantitative estimate of drug-likeness (QED) is 0.152. The maximum absolute atomic E-state index is 13.0. The first kappa shape index (κ1) is 31.5. The van der Waals surface area contributed by atoms with Gasteiger partial charge in [-0.2, -0.15) is 8.42 Å². The lowest BCUT2D eigenvalue weighted by Gasteiger charge is -2.36. The van der Waals surface area contributed by atoms with Crippen LogP contribution in [-0.2, 0) is 38.2 Å². The molecule has 0 heterocycles. The van der Waals surface area contributed by atoms with Crippen molar-refractivity contribution in [1.29, 1.82) is 0 Å². The molecule has 0 aliphatic heterocycles. The molecular weight excluding hydrogens is 490 g/mol. The minimum absolute atomic E-state index is 0.00270. The predicted octanol–water partition coefficient (Wildman–Crippen LogP) is 2.71. The topological polar surface area (TPSA) is 145 Å². The molecule has 0 spiro atoms. The summed E-state index contributed by atoms with van der Waals surface area (Å²) in [5.41, 5.74) is -1.39. The van der Waals surface area contributed by atoms with Crippen LogP contribution in [0.4, 0.5) is 0 Å². The summed E-state index contributed by atoms with van der Waals surface area (Å²) in [6.07, 6.45) is 0.687. The fraction of sp³-hybridized carbons (Fsp3) is 0.640.